The lowest BCUT2D eigenvalue weighted by Crippen LogP contribution is -1.95. The zero-order chi connectivity index (χ0) is 19.8. The van der Waals surface area contributed by atoms with Crippen LogP contribution in [0.25, 0.3) is 12.2 Å². The van der Waals surface area contributed by atoms with E-state index in [-0.39, 0.29) is 0 Å². The average Bonchev–Trinajstić information content (AvgIpc) is 2.70. The zero-order valence-electron chi connectivity index (χ0n) is 16.7. The number of methoxy groups -OCH3 is 5. The molecule has 2 rings (SSSR count). The van der Waals surface area contributed by atoms with E-state index in [0.29, 0.717) is 17.2 Å². The number of hydrogen-bond acceptors (Lipinski definition) is 5. The van der Waals surface area contributed by atoms with Crippen LogP contribution in [0.4, 0.5) is 0 Å². The first-order chi connectivity index (χ1) is 13.1. The normalized spacial score (nSPS) is 11.0. The van der Waals surface area contributed by atoms with E-state index >= 15 is 0 Å². The molecule has 0 fully saturated rings. The van der Waals surface area contributed by atoms with Crippen LogP contribution >= 0.6 is 0 Å². The van der Waals surface area contributed by atoms with E-state index in [2.05, 4.69) is 0 Å². The molecule has 0 saturated heterocycles. The van der Waals surface area contributed by atoms with Gasteiger partial charge in [0.1, 0.15) is 11.5 Å². The van der Waals surface area contributed by atoms with Crippen molar-refractivity contribution in [1.29, 1.82) is 0 Å². The van der Waals surface area contributed by atoms with Crippen LogP contribution in [0.2, 0.25) is 0 Å². The lowest BCUT2D eigenvalue weighted by Gasteiger charge is -2.12. The number of allylic oxidation sites excluding steroid dienone is 2. The van der Waals surface area contributed by atoms with Gasteiger partial charge in [-0.15, -0.1) is 0 Å². The second-order valence-electron chi connectivity index (χ2n) is 5.73. The number of rotatable bonds is 8. The summed E-state index contributed by atoms with van der Waals surface area (Å²) in [4.78, 5) is 0. The van der Waals surface area contributed by atoms with Crippen molar-refractivity contribution >= 4 is 12.2 Å². The molecule has 144 valence electrons. The van der Waals surface area contributed by atoms with Crippen molar-refractivity contribution in [2.45, 2.75) is 6.92 Å². The van der Waals surface area contributed by atoms with Crippen LogP contribution in [0.3, 0.4) is 0 Å². The molecule has 27 heavy (non-hydrogen) atoms. The predicted octanol–water partition coefficient (Wildman–Crippen LogP) is 4.76. The van der Waals surface area contributed by atoms with Gasteiger partial charge in [-0.25, -0.2) is 0 Å². The highest BCUT2D eigenvalue weighted by Crippen LogP contribution is 2.38. The van der Waals surface area contributed by atoms with Gasteiger partial charge in [0.25, 0.3) is 0 Å². The Morgan fingerprint density at radius 1 is 0.556 bits per heavy atom. The van der Waals surface area contributed by atoms with Gasteiger partial charge in [0, 0.05) is 5.56 Å². The van der Waals surface area contributed by atoms with Gasteiger partial charge < -0.3 is 23.7 Å². The molecule has 0 heterocycles. The first-order valence-corrected chi connectivity index (χ1v) is 8.45. The van der Waals surface area contributed by atoms with Crippen molar-refractivity contribution in [1.82, 2.24) is 0 Å². The molecule has 0 bridgehead atoms. The summed E-state index contributed by atoms with van der Waals surface area (Å²) in [6.07, 6.45) is 7.84. The molecule has 2 aromatic carbocycles. The molecule has 0 aliphatic rings. The molecular weight excluding hydrogens is 344 g/mol. The third-order valence-electron chi connectivity index (χ3n) is 4.15. The molecular formula is C22H26O5. The van der Waals surface area contributed by atoms with Crippen molar-refractivity contribution < 1.29 is 23.7 Å². The van der Waals surface area contributed by atoms with Gasteiger partial charge in [-0.3, -0.25) is 0 Å². The Morgan fingerprint density at radius 3 is 1.26 bits per heavy atom. The summed E-state index contributed by atoms with van der Waals surface area (Å²) in [5, 5.41) is 0. The topological polar surface area (TPSA) is 46.2 Å². The van der Waals surface area contributed by atoms with E-state index in [0.717, 1.165) is 28.2 Å². The second kappa shape index (κ2) is 9.57. The van der Waals surface area contributed by atoms with E-state index in [1.165, 1.54) is 0 Å². The highest BCUT2D eigenvalue weighted by atomic mass is 16.5. The molecule has 5 heteroatoms. The standard InChI is InChI=1S/C22H26O5/c1-15-18(23-2)11-16(12-19(15)24-3)9-7-8-10-17-13-20(25-4)22(27-6)21(14-17)26-5/h7-14H,1-6H3/b9-7+,10-8+. The Bertz CT molecular complexity index is 787. The summed E-state index contributed by atoms with van der Waals surface area (Å²) in [6.45, 7) is 1.97. The fourth-order valence-electron chi connectivity index (χ4n) is 2.73. The molecule has 0 aromatic heterocycles. The van der Waals surface area contributed by atoms with Crippen molar-refractivity contribution in [3.05, 3.63) is 53.1 Å². The molecule has 0 amide bonds. The Kier molecular flexibility index (Phi) is 7.17. The van der Waals surface area contributed by atoms with Gasteiger partial charge in [-0.2, -0.15) is 0 Å². The summed E-state index contributed by atoms with van der Waals surface area (Å²) in [5.41, 5.74) is 2.90. The van der Waals surface area contributed by atoms with Crippen molar-refractivity contribution in [3.63, 3.8) is 0 Å². The van der Waals surface area contributed by atoms with Gasteiger partial charge in [0.2, 0.25) is 5.75 Å². The second-order valence-corrected chi connectivity index (χ2v) is 5.73. The molecule has 0 aliphatic heterocycles. The van der Waals surface area contributed by atoms with Gasteiger partial charge >= 0.3 is 0 Å². The van der Waals surface area contributed by atoms with Crippen LogP contribution in [0.15, 0.2) is 36.4 Å². The van der Waals surface area contributed by atoms with Crippen LogP contribution in [-0.4, -0.2) is 35.5 Å². The SMILES string of the molecule is COc1cc(/C=C/C=C/c2cc(OC)c(OC)c(OC)c2)cc(OC)c1C. The third kappa shape index (κ3) is 4.76. The fourth-order valence-corrected chi connectivity index (χ4v) is 2.73. The smallest absolute Gasteiger partial charge is 0.203 e. The van der Waals surface area contributed by atoms with Crippen LogP contribution in [0, 0.1) is 6.92 Å². The summed E-state index contributed by atoms with van der Waals surface area (Å²) in [6, 6.07) is 7.73. The number of benzene rings is 2. The Labute approximate surface area is 160 Å². The fraction of sp³-hybridized carbons (Fsp3) is 0.273. The first-order valence-electron chi connectivity index (χ1n) is 8.45. The summed E-state index contributed by atoms with van der Waals surface area (Å²) < 4.78 is 26.9. The van der Waals surface area contributed by atoms with E-state index in [4.69, 9.17) is 23.7 Å². The maximum absolute atomic E-state index is 5.41. The minimum atomic E-state index is 0.575. The predicted molar refractivity (Wildman–Crippen MR) is 108 cm³/mol. The van der Waals surface area contributed by atoms with Gasteiger partial charge in [-0.05, 0) is 42.3 Å². The maximum Gasteiger partial charge on any atom is 0.203 e. The molecule has 0 radical (unpaired) electrons. The Morgan fingerprint density at radius 2 is 0.926 bits per heavy atom. The molecule has 2 aromatic rings. The van der Waals surface area contributed by atoms with E-state index in [1.807, 2.05) is 55.5 Å². The minimum Gasteiger partial charge on any atom is -0.496 e. The summed E-state index contributed by atoms with van der Waals surface area (Å²) in [5.74, 6) is 3.40. The van der Waals surface area contributed by atoms with Crippen LogP contribution < -0.4 is 23.7 Å². The Balaban J connectivity index is 2.25. The minimum absolute atomic E-state index is 0.575. The largest absolute Gasteiger partial charge is 0.496 e. The van der Waals surface area contributed by atoms with E-state index in [1.54, 1.807) is 35.5 Å². The highest BCUT2D eigenvalue weighted by molar-refractivity contribution is 5.65. The summed E-state index contributed by atoms with van der Waals surface area (Å²) in [7, 11) is 8.09. The van der Waals surface area contributed by atoms with Crippen molar-refractivity contribution in [2.75, 3.05) is 35.5 Å². The van der Waals surface area contributed by atoms with Crippen molar-refractivity contribution in [2.24, 2.45) is 0 Å². The van der Waals surface area contributed by atoms with Gasteiger partial charge in [0.05, 0.1) is 35.5 Å². The molecule has 0 N–H and O–H groups in total. The van der Waals surface area contributed by atoms with Crippen LogP contribution in [-0.2, 0) is 0 Å². The number of ether oxygens (including phenoxy) is 5. The monoisotopic (exact) mass is 370 g/mol. The molecule has 0 atom stereocenters. The third-order valence-corrected chi connectivity index (χ3v) is 4.15. The molecule has 0 spiro atoms. The van der Waals surface area contributed by atoms with Crippen LogP contribution in [0.5, 0.6) is 28.7 Å². The molecule has 0 saturated carbocycles. The van der Waals surface area contributed by atoms with Crippen molar-refractivity contribution in [3.8, 4) is 28.7 Å². The van der Waals surface area contributed by atoms with Crippen LogP contribution in [0.1, 0.15) is 16.7 Å². The lowest BCUT2D eigenvalue weighted by molar-refractivity contribution is 0.324. The molecule has 0 aliphatic carbocycles. The zero-order valence-corrected chi connectivity index (χ0v) is 16.7. The molecule has 0 unspecified atom stereocenters. The Hall–Kier alpha value is -3.08. The molecule has 5 nitrogen and oxygen atoms in total. The maximum atomic E-state index is 5.41. The first kappa shape index (κ1) is 20.2. The van der Waals surface area contributed by atoms with E-state index < -0.39 is 0 Å². The van der Waals surface area contributed by atoms with Gasteiger partial charge in [0.15, 0.2) is 11.5 Å². The quantitative estimate of drug-likeness (QED) is 0.627. The van der Waals surface area contributed by atoms with E-state index in [9.17, 15) is 0 Å². The number of hydrogen-bond donors (Lipinski definition) is 0. The van der Waals surface area contributed by atoms with Gasteiger partial charge in [-0.1, -0.05) is 24.3 Å². The average molecular weight is 370 g/mol. The summed E-state index contributed by atoms with van der Waals surface area (Å²) >= 11 is 0. The lowest BCUT2D eigenvalue weighted by atomic mass is 10.1. The highest BCUT2D eigenvalue weighted by Gasteiger charge is 2.11.